The first-order valence-electron chi connectivity index (χ1n) is 5.79. The quantitative estimate of drug-likeness (QED) is 0.745. The molecule has 4 nitrogen and oxygen atoms in total. The maximum Gasteiger partial charge on any atom is 0.120 e. The average molecular weight is 231 g/mol. The standard InChI is InChI=1S/C13H17N3O/c17-13-5-2-1-4-12(13)10-14-6-3-8-16-9-7-15-11-16/h1-2,4-5,7,9,11,14,17H,3,6,8,10H2. The van der Waals surface area contributed by atoms with Crippen LogP contribution in [0.15, 0.2) is 43.0 Å². The molecule has 0 aliphatic rings. The molecule has 0 saturated heterocycles. The van der Waals surface area contributed by atoms with Crippen LogP contribution in [0.1, 0.15) is 12.0 Å². The van der Waals surface area contributed by atoms with Crippen LogP contribution in [0.2, 0.25) is 0 Å². The number of aromatic hydroxyl groups is 1. The summed E-state index contributed by atoms with van der Waals surface area (Å²) >= 11 is 0. The summed E-state index contributed by atoms with van der Waals surface area (Å²) in [5.41, 5.74) is 0.940. The molecular formula is C13H17N3O. The minimum Gasteiger partial charge on any atom is -0.508 e. The van der Waals surface area contributed by atoms with Gasteiger partial charge < -0.3 is 15.0 Å². The van der Waals surface area contributed by atoms with Crippen molar-refractivity contribution in [2.24, 2.45) is 0 Å². The zero-order chi connectivity index (χ0) is 11.9. The number of rotatable bonds is 6. The first kappa shape index (κ1) is 11.7. The van der Waals surface area contributed by atoms with Crippen LogP contribution in [0.3, 0.4) is 0 Å². The summed E-state index contributed by atoms with van der Waals surface area (Å²) in [5, 5.41) is 12.9. The van der Waals surface area contributed by atoms with Crippen LogP contribution >= 0.6 is 0 Å². The summed E-state index contributed by atoms with van der Waals surface area (Å²) in [7, 11) is 0. The fourth-order valence-electron chi connectivity index (χ4n) is 1.69. The topological polar surface area (TPSA) is 50.1 Å². The van der Waals surface area contributed by atoms with Crippen LogP contribution in [0.5, 0.6) is 5.75 Å². The molecule has 17 heavy (non-hydrogen) atoms. The molecule has 0 spiro atoms. The second-order valence-corrected chi connectivity index (χ2v) is 3.96. The van der Waals surface area contributed by atoms with Crippen molar-refractivity contribution in [3.05, 3.63) is 48.5 Å². The molecule has 90 valence electrons. The van der Waals surface area contributed by atoms with Crippen molar-refractivity contribution in [1.82, 2.24) is 14.9 Å². The number of nitrogens with zero attached hydrogens (tertiary/aromatic N) is 2. The molecule has 1 aromatic carbocycles. The Hall–Kier alpha value is -1.81. The van der Waals surface area contributed by atoms with E-state index in [0.29, 0.717) is 12.3 Å². The van der Waals surface area contributed by atoms with Crippen molar-refractivity contribution in [1.29, 1.82) is 0 Å². The minimum absolute atomic E-state index is 0.356. The average Bonchev–Trinajstić information content (AvgIpc) is 2.84. The molecule has 2 aromatic rings. The summed E-state index contributed by atoms with van der Waals surface area (Å²) in [6.07, 6.45) is 6.62. The Morgan fingerprint density at radius 1 is 1.29 bits per heavy atom. The van der Waals surface area contributed by atoms with Crippen molar-refractivity contribution in [2.45, 2.75) is 19.5 Å². The fraction of sp³-hybridized carbons (Fsp3) is 0.308. The molecule has 0 fully saturated rings. The summed E-state index contributed by atoms with van der Waals surface area (Å²) in [6.45, 7) is 2.59. The van der Waals surface area contributed by atoms with E-state index in [9.17, 15) is 5.11 Å². The Kier molecular flexibility index (Phi) is 4.16. The van der Waals surface area contributed by atoms with Gasteiger partial charge in [0.25, 0.3) is 0 Å². The van der Waals surface area contributed by atoms with Crippen molar-refractivity contribution in [2.75, 3.05) is 6.54 Å². The van der Waals surface area contributed by atoms with E-state index in [2.05, 4.69) is 14.9 Å². The molecule has 2 rings (SSSR count). The number of nitrogens with one attached hydrogen (secondary N) is 1. The van der Waals surface area contributed by atoms with Gasteiger partial charge in [-0.25, -0.2) is 4.98 Å². The van der Waals surface area contributed by atoms with Crippen molar-refractivity contribution in [3.63, 3.8) is 0 Å². The van der Waals surface area contributed by atoms with Gasteiger partial charge in [-0.05, 0) is 19.0 Å². The van der Waals surface area contributed by atoms with Crippen LogP contribution < -0.4 is 5.32 Å². The highest BCUT2D eigenvalue weighted by Gasteiger charge is 1.98. The molecule has 1 heterocycles. The number of hydrogen-bond acceptors (Lipinski definition) is 3. The smallest absolute Gasteiger partial charge is 0.120 e. The predicted octanol–water partition coefficient (Wildman–Crippen LogP) is 1.77. The zero-order valence-electron chi connectivity index (χ0n) is 9.71. The van der Waals surface area contributed by atoms with Crippen LogP contribution in [-0.4, -0.2) is 21.2 Å². The molecule has 0 aliphatic carbocycles. The number of hydrogen-bond donors (Lipinski definition) is 2. The summed E-state index contributed by atoms with van der Waals surface area (Å²) in [5.74, 6) is 0.356. The van der Waals surface area contributed by atoms with Crippen LogP contribution in [0.4, 0.5) is 0 Å². The molecule has 1 aromatic heterocycles. The second-order valence-electron chi connectivity index (χ2n) is 3.96. The minimum atomic E-state index is 0.356. The first-order valence-corrected chi connectivity index (χ1v) is 5.79. The highest BCUT2D eigenvalue weighted by atomic mass is 16.3. The lowest BCUT2D eigenvalue weighted by molar-refractivity contribution is 0.463. The van der Waals surface area contributed by atoms with Crippen molar-refractivity contribution < 1.29 is 5.11 Å². The van der Waals surface area contributed by atoms with E-state index in [0.717, 1.165) is 25.1 Å². The van der Waals surface area contributed by atoms with Gasteiger partial charge in [0, 0.05) is 31.0 Å². The lowest BCUT2D eigenvalue weighted by Crippen LogP contribution is -2.16. The maximum absolute atomic E-state index is 9.56. The van der Waals surface area contributed by atoms with Crippen LogP contribution in [0, 0.1) is 0 Å². The second kappa shape index (κ2) is 6.06. The molecular weight excluding hydrogens is 214 g/mol. The molecule has 0 unspecified atom stereocenters. The SMILES string of the molecule is Oc1ccccc1CNCCCn1ccnc1. The number of imidazole rings is 1. The molecule has 0 radical (unpaired) electrons. The van der Waals surface area contributed by atoms with E-state index in [1.165, 1.54) is 0 Å². The molecule has 0 saturated carbocycles. The Morgan fingerprint density at radius 2 is 2.18 bits per heavy atom. The van der Waals surface area contributed by atoms with Gasteiger partial charge in [-0.2, -0.15) is 0 Å². The van der Waals surface area contributed by atoms with Gasteiger partial charge in [0.1, 0.15) is 5.75 Å². The molecule has 0 amide bonds. The van der Waals surface area contributed by atoms with E-state index >= 15 is 0 Å². The Bertz CT molecular complexity index is 440. The van der Waals surface area contributed by atoms with Gasteiger partial charge in [-0.3, -0.25) is 0 Å². The van der Waals surface area contributed by atoms with Crippen molar-refractivity contribution >= 4 is 0 Å². The Labute approximate surface area is 101 Å². The number of phenols is 1. The highest BCUT2D eigenvalue weighted by molar-refractivity contribution is 5.31. The van der Waals surface area contributed by atoms with Gasteiger partial charge in [0.05, 0.1) is 6.33 Å². The molecule has 0 aliphatic heterocycles. The fourth-order valence-corrected chi connectivity index (χ4v) is 1.69. The third kappa shape index (κ3) is 3.60. The third-order valence-corrected chi connectivity index (χ3v) is 2.64. The molecule has 0 bridgehead atoms. The van der Waals surface area contributed by atoms with E-state index < -0.39 is 0 Å². The maximum atomic E-state index is 9.56. The molecule has 0 atom stereocenters. The van der Waals surface area contributed by atoms with Crippen molar-refractivity contribution in [3.8, 4) is 5.75 Å². The number of para-hydroxylation sites is 1. The lowest BCUT2D eigenvalue weighted by Gasteiger charge is -2.06. The van der Waals surface area contributed by atoms with Crippen LogP contribution in [0.25, 0.3) is 0 Å². The summed E-state index contributed by atoms with van der Waals surface area (Å²) in [4.78, 5) is 3.99. The number of benzene rings is 1. The van der Waals surface area contributed by atoms with Gasteiger partial charge in [-0.15, -0.1) is 0 Å². The normalized spacial score (nSPS) is 10.6. The monoisotopic (exact) mass is 231 g/mol. The zero-order valence-corrected chi connectivity index (χ0v) is 9.71. The van der Waals surface area contributed by atoms with Crippen LogP contribution in [-0.2, 0) is 13.1 Å². The van der Waals surface area contributed by atoms with Gasteiger partial charge in [-0.1, -0.05) is 18.2 Å². The summed E-state index contributed by atoms with van der Waals surface area (Å²) < 4.78 is 2.06. The highest BCUT2D eigenvalue weighted by Crippen LogP contribution is 2.14. The van der Waals surface area contributed by atoms with E-state index in [1.54, 1.807) is 12.3 Å². The van der Waals surface area contributed by atoms with Gasteiger partial charge >= 0.3 is 0 Å². The Balaban J connectivity index is 1.65. The summed E-state index contributed by atoms with van der Waals surface area (Å²) in [6, 6.07) is 7.40. The number of aromatic nitrogens is 2. The van der Waals surface area contributed by atoms with E-state index in [4.69, 9.17) is 0 Å². The lowest BCUT2D eigenvalue weighted by atomic mass is 10.2. The van der Waals surface area contributed by atoms with E-state index in [1.807, 2.05) is 30.7 Å². The van der Waals surface area contributed by atoms with Gasteiger partial charge in [0.2, 0.25) is 0 Å². The van der Waals surface area contributed by atoms with Gasteiger partial charge in [0.15, 0.2) is 0 Å². The number of phenolic OH excluding ortho intramolecular Hbond substituents is 1. The largest absolute Gasteiger partial charge is 0.508 e. The molecule has 4 heteroatoms. The predicted molar refractivity (Wildman–Crippen MR) is 66.7 cm³/mol. The Morgan fingerprint density at radius 3 is 2.94 bits per heavy atom. The third-order valence-electron chi connectivity index (χ3n) is 2.64. The van der Waals surface area contributed by atoms with E-state index in [-0.39, 0.29) is 0 Å². The molecule has 2 N–H and O–H groups in total. The first-order chi connectivity index (χ1) is 8.36. The number of aryl methyl sites for hydroxylation is 1.